The first-order valence-electron chi connectivity index (χ1n) is 5.85. The minimum Gasteiger partial charge on any atom is -0.354 e. The molecule has 1 heterocycles. The third kappa shape index (κ3) is 2.54. The zero-order chi connectivity index (χ0) is 12.1. The maximum absolute atomic E-state index is 5.63. The van der Waals surface area contributed by atoms with Crippen molar-refractivity contribution in [1.29, 1.82) is 0 Å². The Kier molecular flexibility index (Phi) is 3.90. The third-order valence-electron chi connectivity index (χ3n) is 2.75. The molecule has 0 unspecified atom stereocenters. The molecule has 1 aromatic heterocycles. The lowest BCUT2D eigenvalue weighted by molar-refractivity contribution is 0.773. The van der Waals surface area contributed by atoms with E-state index in [1.807, 2.05) is 24.4 Å². The molecule has 4 nitrogen and oxygen atoms in total. The zero-order valence-corrected chi connectivity index (χ0v) is 9.84. The summed E-state index contributed by atoms with van der Waals surface area (Å²) < 4.78 is 0. The van der Waals surface area contributed by atoms with Crippen molar-refractivity contribution in [3.63, 3.8) is 0 Å². The average molecular weight is 230 g/mol. The summed E-state index contributed by atoms with van der Waals surface area (Å²) >= 11 is 0. The molecule has 0 aliphatic heterocycles. The second kappa shape index (κ2) is 5.61. The van der Waals surface area contributed by atoms with Crippen molar-refractivity contribution in [3.8, 4) is 0 Å². The van der Waals surface area contributed by atoms with Gasteiger partial charge in [0.15, 0.2) is 0 Å². The van der Waals surface area contributed by atoms with Crippen molar-refractivity contribution in [2.45, 2.75) is 0 Å². The summed E-state index contributed by atoms with van der Waals surface area (Å²) in [6.07, 6.45) is 1.83. The third-order valence-corrected chi connectivity index (χ3v) is 2.75. The van der Waals surface area contributed by atoms with Gasteiger partial charge < -0.3 is 16.4 Å². The van der Waals surface area contributed by atoms with Gasteiger partial charge in [0.05, 0.1) is 0 Å². The smallest absolute Gasteiger partial charge is 0.136 e. The van der Waals surface area contributed by atoms with Crippen molar-refractivity contribution in [2.75, 3.05) is 31.1 Å². The fraction of sp³-hybridized carbons (Fsp3) is 0.308. The highest BCUT2D eigenvalue weighted by molar-refractivity contribution is 5.92. The Bertz CT molecular complexity index is 472. The topological polar surface area (TPSA) is 68.2 Å². The van der Waals surface area contributed by atoms with E-state index in [1.165, 1.54) is 5.39 Å². The maximum atomic E-state index is 5.63. The van der Waals surface area contributed by atoms with E-state index in [0.29, 0.717) is 13.1 Å². The summed E-state index contributed by atoms with van der Waals surface area (Å²) in [7, 11) is 0. The van der Waals surface area contributed by atoms with E-state index in [9.17, 15) is 0 Å². The highest BCUT2D eigenvalue weighted by atomic mass is 15.2. The molecule has 0 aliphatic rings. The van der Waals surface area contributed by atoms with Crippen LogP contribution in [-0.4, -0.2) is 31.2 Å². The van der Waals surface area contributed by atoms with Gasteiger partial charge in [-0.15, -0.1) is 0 Å². The molecule has 0 saturated heterocycles. The molecule has 0 amide bonds. The minimum atomic E-state index is 0.602. The SMILES string of the molecule is NCCN(CCN)c1nccc2ccccc12. The van der Waals surface area contributed by atoms with Crippen LogP contribution in [0, 0.1) is 0 Å². The number of anilines is 1. The van der Waals surface area contributed by atoms with Crippen LogP contribution < -0.4 is 16.4 Å². The summed E-state index contributed by atoms with van der Waals surface area (Å²) in [6, 6.07) is 10.2. The maximum Gasteiger partial charge on any atom is 0.136 e. The molecule has 4 heteroatoms. The number of hydrogen-bond acceptors (Lipinski definition) is 4. The number of nitrogens with two attached hydrogens (primary N) is 2. The Morgan fingerprint density at radius 3 is 2.41 bits per heavy atom. The van der Waals surface area contributed by atoms with Gasteiger partial charge in [-0.3, -0.25) is 0 Å². The molecule has 17 heavy (non-hydrogen) atoms. The quantitative estimate of drug-likeness (QED) is 0.802. The lowest BCUT2D eigenvalue weighted by atomic mass is 10.1. The second-order valence-corrected chi connectivity index (χ2v) is 3.92. The summed E-state index contributed by atoms with van der Waals surface area (Å²) in [4.78, 5) is 6.60. The number of fused-ring (bicyclic) bond motifs is 1. The van der Waals surface area contributed by atoms with Gasteiger partial charge in [-0.2, -0.15) is 0 Å². The van der Waals surface area contributed by atoms with Crippen molar-refractivity contribution in [2.24, 2.45) is 11.5 Å². The van der Waals surface area contributed by atoms with E-state index in [1.54, 1.807) is 0 Å². The van der Waals surface area contributed by atoms with Crippen LogP contribution in [0.4, 0.5) is 5.82 Å². The molecule has 0 bridgehead atoms. The molecule has 2 aromatic rings. The highest BCUT2D eigenvalue weighted by Gasteiger charge is 2.09. The number of hydrogen-bond donors (Lipinski definition) is 2. The molecule has 0 aliphatic carbocycles. The molecule has 0 saturated carbocycles. The van der Waals surface area contributed by atoms with Crippen LogP contribution in [0.5, 0.6) is 0 Å². The standard InChI is InChI=1S/C13H18N4/c14-6-9-17(10-7-15)13-12-4-2-1-3-11(12)5-8-16-13/h1-5,8H,6-7,9-10,14-15H2. The van der Waals surface area contributed by atoms with Crippen molar-refractivity contribution < 1.29 is 0 Å². The van der Waals surface area contributed by atoms with Crippen molar-refractivity contribution in [3.05, 3.63) is 36.5 Å². The van der Waals surface area contributed by atoms with Gasteiger partial charge in [0.25, 0.3) is 0 Å². The van der Waals surface area contributed by atoms with E-state index < -0.39 is 0 Å². The zero-order valence-electron chi connectivity index (χ0n) is 9.84. The predicted octanol–water partition coefficient (Wildman–Crippen LogP) is 0.959. The van der Waals surface area contributed by atoms with Crippen LogP contribution in [0.1, 0.15) is 0 Å². The monoisotopic (exact) mass is 230 g/mol. The predicted molar refractivity (Wildman–Crippen MR) is 72.1 cm³/mol. The molecule has 1 aromatic carbocycles. The molecule has 0 radical (unpaired) electrons. The number of rotatable bonds is 5. The second-order valence-electron chi connectivity index (χ2n) is 3.92. The van der Waals surface area contributed by atoms with Crippen LogP contribution in [0.15, 0.2) is 36.5 Å². The van der Waals surface area contributed by atoms with E-state index in [2.05, 4.69) is 22.0 Å². The highest BCUT2D eigenvalue weighted by Crippen LogP contribution is 2.23. The van der Waals surface area contributed by atoms with E-state index in [4.69, 9.17) is 11.5 Å². The van der Waals surface area contributed by atoms with Gasteiger partial charge in [0, 0.05) is 37.8 Å². The van der Waals surface area contributed by atoms with Gasteiger partial charge in [0.2, 0.25) is 0 Å². The van der Waals surface area contributed by atoms with E-state index in [0.717, 1.165) is 24.3 Å². The molecule has 4 N–H and O–H groups in total. The van der Waals surface area contributed by atoms with Crippen LogP contribution >= 0.6 is 0 Å². The van der Waals surface area contributed by atoms with Crippen LogP contribution in [-0.2, 0) is 0 Å². The summed E-state index contributed by atoms with van der Waals surface area (Å²) in [5, 5.41) is 2.34. The first kappa shape index (κ1) is 11.8. The summed E-state index contributed by atoms with van der Waals surface area (Å²) in [5.74, 6) is 0.971. The molecule has 2 rings (SSSR count). The van der Waals surface area contributed by atoms with Gasteiger partial charge in [-0.1, -0.05) is 24.3 Å². The van der Waals surface area contributed by atoms with E-state index in [-0.39, 0.29) is 0 Å². The number of aromatic nitrogens is 1. The first-order valence-corrected chi connectivity index (χ1v) is 5.85. The Hall–Kier alpha value is -1.65. The molecule has 0 atom stereocenters. The van der Waals surface area contributed by atoms with Crippen LogP contribution in [0.25, 0.3) is 10.8 Å². The number of nitrogens with zero attached hydrogens (tertiary/aromatic N) is 2. The van der Waals surface area contributed by atoms with Gasteiger partial charge in [-0.05, 0) is 11.5 Å². The summed E-state index contributed by atoms with van der Waals surface area (Å²) in [5.41, 5.74) is 11.3. The van der Waals surface area contributed by atoms with Gasteiger partial charge in [-0.25, -0.2) is 4.98 Å². The molecular weight excluding hydrogens is 212 g/mol. The van der Waals surface area contributed by atoms with Crippen molar-refractivity contribution >= 4 is 16.6 Å². The lowest BCUT2D eigenvalue weighted by Gasteiger charge is -2.23. The Morgan fingerprint density at radius 2 is 1.71 bits per heavy atom. The van der Waals surface area contributed by atoms with Crippen LogP contribution in [0.2, 0.25) is 0 Å². The molecule has 0 fully saturated rings. The Labute approximate surface area is 101 Å². The largest absolute Gasteiger partial charge is 0.354 e. The molecular formula is C13H18N4. The Balaban J connectivity index is 2.44. The molecule has 90 valence electrons. The average Bonchev–Trinajstić information content (AvgIpc) is 2.38. The normalized spacial score (nSPS) is 10.7. The van der Waals surface area contributed by atoms with Crippen molar-refractivity contribution in [1.82, 2.24) is 4.98 Å². The van der Waals surface area contributed by atoms with E-state index >= 15 is 0 Å². The first-order chi connectivity index (χ1) is 8.36. The lowest BCUT2D eigenvalue weighted by Crippen LogP contribution is -2.34. The summed E-state index contributed by atoms with van der Waals surface area (Å²) in [6.45, 7) is 2.76. The van der Waals surface area contributed by atoms with Gasteiger partial charge >= 0.3 is 0 Å². The van der Waals surface area contributed by atoms with Crippen LogP contribution in [0.3, 0.4) is 0 Å². The Morgan fingerprint density at radius 1 is 1.00 bits per heavy atom. The van der Waals surface area contributed by atoms with Gasteiger partial charge in [0.1, 0.15) is 5.82 Å². The minimum absolute atomic E-state index is 0.602. The fourth-order valence-corrected chi connectivity index (χ4v) is 1.99. The molecule has 0 spiro atoms. The number of pyridine rings is 1. The number of benzene rings is 1. The fourth-order valence-electron chi connectivity index (χ4n) is 1.99.